The van der Waals surface area contributed by atoms with Crippen LogP contribution in [-0.2, 0) is 12.0 Å². The molecule has 4 bridgehead atoms. The van der Waals surface area contributed by atoms with Crippen LogP contribution in [0.3, 0.4) is 0 Å². The van der Waals surface area contributed by atoms with Crippen molar-refractivity contribution >= 4 is 15.9 Å². The van der Waals surface area contributed by atoms with Crippen molar-refractivity contribution in [2.45, 2.75) is 50.5 Å². The molecule has 0 atom stereocenters. The Morgan fingerprint density at radius 1 is 0.900 bits per heavy atom. The van der Waals surface area contributed by atoms with Gasteiger partial charge >= 0.3 is 0 Å². The van der Waals surface area contributed by atoms with E-state index in [-0.39, 0.29) is 5.41 Å². The first-order chi connectivity index (χ1) is 14.7. The molecule has 0 amide bonds. The lowest BCUT2D eigenvalue weighted by Gasteiger charge is -2.55. The number of hydrogen-bond acceptors (Lipinski definition) is 4. The summed E-state index contributed by atoms with van der Waals surface area (Å²) in [6, 6.07) is 16.1. The predicted octanol–water partition coefficient (Wildman–Crippen LogP) is 6.55. The zero-order valence-corrected chi connectivity index (χ0v) is 18.5. The van der Waals surface area contributed by atoms with Crippen LogP contribution in [0.5, 0.6) is 5.75 Å². The summed E-state index contributed by atoms with van der Waals surface area (Å²) < 4.78 is 13.2. The van der Waals surface area contributed by atoms with Crippen molar-refractivity contribution in [2.75, 3.05) is 0 Å². The normalized spacial score (nSPS) is 29.3. The Bertz CT molecular complexity index is 1020. The van der Waals surface area contributed by atoms with Gasteiger partial charge in [0, 0.05) is 11.0 Å². The molecule has 1 heterocycles. The Hall–Kier alpha value is -2.14. The van der Waals surface area contributed by atoms with Crippen LogP contribution < -0.4 is 4.74 Å². The molecule has 3 aromatic rings. The maximum Gasteiger partial charge on any atom is 0.247 e. The molecule has 4 fully saturated rings. The summed E-state index contributed by atoms with van der Waals surface area (Å²) in [6.07, 6.45) is 7.99. The van der Waals surface area contributed by atoms with Crippen molar-refractivity contribution < 1.29 is 9.15 Å². The van der Waals surface area contributed by atoms with Crippen molar-refractivity contribution in [2.24, 2.45) is 17.8 Å². The zero-order valence-electron chi connectivity index (χ0n) is 16.9. The predicted molar refractivity (Wildman–Crippen MR) is 118 cm³/mol. The highest BCUT2D eigenvalue weighted by Gasteiger charge is 2.54. The zero-order chi connectivity index (χ0) is 20.1. The molecule has 4 aliphatic rings. The number of ether oxygens (including phenoxy) is 1. The minimum absolute atomic E-state index is 0.150. The number of rotatable bonds is 5. The summed E-state index contributed by atoms with van der Waals surface area (Å²) >= 11 is 3.52. The molecule has 4 nitrogen and oxygen atoms in total. The Morgan fingerprint density at radius 2 is 1.57 bits per heavy atom. The van der Waals surface area contributed by atoms with E-state index in [1.165, 1.54) is 38.5 Å². The summed E-state index contributed by atoms with van der Waals surface area (Å²) in [6.45, 7) is 0.519. The van der Waals surface area contributed by atoms with Gasteiger partial charge in [0.2, 0.25) is 11.8 Å². The molecule has 4 saturated carbocycles. The van der Waals surface area contributed by atoms with E-state index < -0.39 is 0 Å². The van der Waals surface area contributed by atoms with Crippen molar-refractivity contribution in [3.8, 4) is 17.2 Å². The minimum atomic E-state index is 0.150. The second-order valence-electron chi connectivity index (χ2n) is 9.53. The summed E-state index contributed by atoms with van der Waals surface area (Å²) in [7, 11) is 0. The summed E-state index contributed by atoms with van der Waals surface area (Å²) in [5.74, 6) is 4.98. The lowest BCUT2D eigenvalue weighted by Crippen LogP contribution is -2.48. The standard InChI is InChI=1S/C25H25BrN2O2/c26-21-3-1-2-4-22(21)29-15-16-5-7-20(8-6-16)23-27-28-24(30-23)25-12-17-9-18(13-25)11-19(10-17)14-25/h1-8,17-19H,9-15H2. The largest absolute Gasteiger partial charge is 0.488 e. The maximum absolute atomic E-state index is 6.28. The van der Waals surface area contributed by atoms with Gasteiger partial charge in [0.15, 0.2) is 0 Å². The average Bonchev–Trinajstić information content (AvgIpc) is 3.24. The van der Waals surface area contributed by atoms with Gasteiger partial charge in [-0.1, -0.05) is 24.3 Å². The van der Waals surface area contributed by atoms with Crippen LogP contribution in [0.2, 0.25) is 0 Å². The molecule has 0 radical (unpaired) electrons. The van der Waals surface area contributed by atoms with E-state index in [1.807, 2.05) is 24.3 Å². The number of aromatic nitrogens is 2. The van der Waals surface area contributed by atoms with Gasteiger partial charge in [-0.3, -0.25) is 0 Å². The van der Waals surface area contributed by atoms with Crippen LogP contribution >= 0.6 is 15.9 Å². The van der Waals surface area contributed by atoms with E-state index in [2.05, 4.69) is 50.4 Å². The van der Waals surface area contributed by atoms with Crippen molar-refractivity contribution in [3.63, 3.8) is 0 Å². The SMILES string of the molecule is Brc1ccccc1OCc1ccc(-c2nnc(C34CC5CC(CC(C5)C3)C4)o2)cc1. The van der Waals surface area contributed by atoms with E-state index in [1.54, 1.807) is 0 Å². The maximum atomic E-state index is 6.28. The number of halogens is 1. The van der Waals surface area contributed by atoms with Gasteiger partial charge < -0.3 is 9.15 Å². The smallest absolute Gasteiger partial charge is 0.247 e. The summed E-state index contributed by atoms with van der Waals surface area (Å²) in [5, 5.41) is 8.97. The molecule has 0 spiro atoms. The van der Waals surface area contributed by atoms with Crippen molar-refractivity contribution in [1.29, 1.82) is 0 Å². The lowest BCUT2D eigenvalue weighted by atomic mass is 9.49. The second-order valence-corrected chi connectivity index (χ2v) is 10.4. The topological polar surface area (TPSA) is 48.2 Å². The average molecular weight is 465 g/mol. The molecule has 30 heavy (non-hydrogen) atoms. The third-order valence-electron chi connectivity index (χ3n) is 7.35. The molecular weight excluding hydrogens is 440 g/mol. The van der Waals surface area contributed by atoms with Gasteiger partial charge in [-0.25, -0.2) is 0 Å². The van der Waals surface area contributed by atoms with E-state index in [4.69, 9.17) is 9.15 Å². The number of benzene rings is 2. The molecule has 0 unspecified atom stereocenters. The molecule has 1 aromatic heterocycles. The van der Waals surface area contributed by atoms with Crippen LogP contribution in [0.1, 0.15) is 50.0 Å². The lowest BCUT2D eigenvalue weighted by molar-refractivity contribution is -0.0176. The third kappa shape index (κ3) is 3.27. The van der Waals surface area contributed by atoms with E-state index in [0.717, 1.165) is 45.0 Å². The highest BCUT2D eigenvalue weighted by Crippen LogP contribution is 2.60. The van der Waals surface area contributed by atoms with Gasteiger partial charge in [-0.05, 0) is 102 Å². The Labute approximate surface area is 185 Å². The second kappa shape index (κ2) is 7.23. The number of nitrogens with zero attached hydrogens (tertiary/aromatic N) is 2. The van der Waals surface area contributed by atoms with Crippen LogP contribution in [-0.4, -0.2) is 10.2 Å². The van der Waals surface area contributed by atoms with Crippen LogP contribution in [0.4, 0.5) is 0 Å². The van der Waals surface area contributed by atoms with Gasteiger partial charge in [0.25, 0.3) is 0 Å². The fraction of sp³-hybridized carbons (Fsp3) is 0.440. The Balaban J connectivity index is 1.18. The number of hydrogen-bond donors (Lipinski definition) is 0. The quantitative estimate of drug-likeness (QED) is 0.429. The molecule has 0 saturated heterocycles. The van der Waals surface area contributed by atoms with E-state index in [9.17, 15) is 0 Å². The molecule has 5 heteroatoms. The third-order valence-corrected chi connectivity index (χ3v) is 8.00. The van der Waals surface area contributed by atoms with Gasteiger partial charge in [0.1, 0.15) is 12.4 Å². The van der Waals surface area contributed by atoms with E-state index in [0.29, 0.717) is 12.5 Å². The number of para-hydroxylation sites is 1. The van der Waals surface area contributed by atoms with E-state index >= 15 is 0 Å². The highest BCUT2D eigenvalue weighted by atomic mass is 79.9. The van der Waals surface area contributed by atoms with Gasteiger partial charge in [-0.2, -0.15) is 0 Å². The fourth-order valence-electron chi connectivity index (χ4n) is 6.39. The Morgan fingerprint density at radius 3 is 2.23 bits per heavy atom. The summed E-state index contributed by atoms with van der Waals surface area (Å²) in [4.78, 5) is 0. The van der Waals surface area contributed by atoms with Crippen molar-refractivity contribution in [3.05, 3.63) is 64.5 Å². The molecular formula is C25H25BrN2O2. The monoisotopic (exact) mass is 464 g/mol. The van der Waals surface area contributed by atoms with Crippen LogP contribution in [0.15, 0.2) is 57.4 Å². The molecule has 0 N–H and O–H groups in total. The minimum Gasteiger partial charge on any atom is -0.488 e. The first kappa shape index (κ1) is 18.6. The molecule has 4 aliphatic carbocycles. The molecule has 0 aliphatic heterocycles. The molecule has 7 rings (SSSR count). The van der Waals surface area contributed by atoms with Crippen LogP contribution in [0.25, 0.3) is 11.5 Å². The van der Waals surface area contributed by atoms with Gasteiger partial charge in [-0.15, -0.1) is 10.2 Å². The first-order valence-corrected chi connectivity index (χ1v) is 11.8. The highest BCUT2D eigenvalue weighted by molar-refractivity contribution is 9.10. The molecule has 2 aromatic carbocycles. The van der Waals surface area contributed by atoms with Crippen molar-refractivity contribution in [1.82, 2.24) is 10.2 Å². The molecule has 154 valence electrons. The van der Waals surface area contributed by atoms with Gasteiger partial charge in [0.05, 0.1) is 4.47 Å². The fourth-order valence-corrected chi connectivity index (χ4v) is 6.79. The van der Waals surface area contributed by atoms with Crippen LogP contribution in [0, 0.1) is 17.8 Å². The first-order valence-electron chi connectivity index (χ1n) is 11.0. The Kier molecular flexibility index (Phi) is 4.48. The summed E-state index contributed by atoms with van der Waals surface area (Å²) in [5.41, 5.74) is 2.23.